The Bertz CT molecular complexity index is 1160. The smallest absolute Gasteiger partial charge is 0.416 e. The summed E-state index contributed by atoms with van der Waals surface area (Å²) in [5.74, 6) is 0.584. The Morgan fingerprint density at radius 2 is 1.81 bits per heavy atom. The van der Waals surface area contributed by atoms with Crippen LogP contribution in [0.4, 0.5) is 13.2 Å². The fourth-order valence-corrected chi connectivity index (χ4v) is 2.78. The third kappa shape index (κ3) is 5.29. The van der Waals surface area contributed by atoms with Crippen LogP contribution in [0.25, 0.3) is 33.9 Å². The molecule has 0 aliphatic carbocycles. The van der Waals surface area contributed by atoms with E-state index in [9.17, 15) is 13.2 Å². The molecule has 6 nitrogen and oxygen atoms in total. The van der Waals surface area contributed by atoms with Crippen LogP contribution in [0, 0.1) is 0 Å². The number of benzene rings is 1. The van der Waals surface area contributed by atoms with E-state index in [1.54, 1.807) is 18.3 Å². The molecule has 2 heterocycles. The number of rotatable bonds is 5. The van der Waals surface area contributed by atoms with Crippen molar-refractivity contribution >= 4 is 22.4 Å². The molecule has 0 amide bonds. The molecule has 3 aromatic rings. The molecule has 0 saturated heterocycles. The zero-order valence-corrected chi connectivity index (χ0v) is 18.4. The molecule has 0 spiro atoms. The second kappa shape index (κ2) is 10.0. The Hall–Kier alpha value is -3.75. The molecule has 0 saturated carbocycles. The van der Waals surface area contributed by atoms with Crippen LogP contribution in [-0.2, 0) is 10.9 Å². The maximum atomic E-state index is 13.1. The van der Waals surface area contributed by atoms with Gasteiger partial charge in [0, 0.05) is 12.3 Å². The van der Waals surface area contributed by atoms with Gasteiger partial charge in [-0.25, -0.2) is 4.98 Å². The summed E-state index contributed by atoms with van der Waals surface area (Å²) >= 11 is 0. The summed E-state index contributed by atoms with van der Waals surface area (Å²) in [6, 6.07) is 6.79. The van der Waals surface area contributed by atoms with Gasteiger partial charge in [0.25, 0.3) is 0 Å². The normalized spacial score (nSPS) is 12.3. The van der Waals surface area contributed by atoms with Crippen molar-refractivity contribution in [3.05, 3.63) is 72.3 Å². The van der Waals surface area contributed by atoms with Crippen LogP contribution in [-0.4, -0.2) is 21.6 Å². The molecule has 0 aliphatic rings. The second-order valence-corrected chi connectivity index (χ2v) is 6.55. The highest BCUT2D eigenvalue weighted by Crippen LogP contribution is 2.33. The maximum Gasteiger partial charge on any atom is 0.416 e. The van der Waals surface area contributed by atoms with E-state index in [1.807, 2.05) is 20.8 Å². The topological polar surface area (TPSA) is 92.0 Å². The number of hydrogen-bond donors (Lipinski definition) is 2. The summed E-state index contributed by atoms with van der Waals surface area (Å²) in [6.07, 6.45) is 0.0395. The van der Waals surface area contributed by atoms with E-state index >= 15 is 0 Å². The minimum absolute atomic E-state index is 0.118. The van der Waals surface area contributed by atoms with Gasteiger partial charge in [-0.05, 0) is 48.4 Å². The highest BCUT2D eigenvalue weighted by atomic mass is 19.4. The lowest BCUT2D eigenvalue weighted by Gasteiger charge is -2.10. The highest BCUT2D eigenvalue weighted by Gasteiger charge is 2.31. The summed E-state index contributed by atoms with van der Waals surface area (Å²) in [7, 11) is 1.40. The van der Waals surface area contributed by atoms with E-state index in [0.717, 1.165) is 23.3 Å². The van der Waals surface area contributed by atoms with Gasteiger partial charge in [0.2, 0.25) is 0 Å². The third-order valence-electron chi connectivity index (χ3n) is 4.38. The van der Waals surface area contributed by atoms with Crippen LogP contribution in [0.15, 0.2) is 61.1 Å². The van der Waals surface area contributed by atoms with E-state index in [0.29, 0.717) is 11.2 Å². The Labute approximate surface area is 184 Å². The maximum absolute atomic E-state index is 13.1. The largest absolute Gasteiger partial charge is 0.483 e. The third-order valence-corrected chi connectivity index (χ3v) is 4.38. The average Bonchev–Trinajstić information content (AvgIpc) is 3.17. The molecule has 32 heavy (non-hydrogen) atoms. The Morgan fingerprint density at radius 3 is 2.34 bits per heavy atom. The second-order valence-electron chi connectivity index (χ2n) is 6.55. The van der Waals surface area contributed by atoms with Crippen molar-refractivity contribution in [1.82, 2.24) is 14.5 Å². The lowest BCUT2D eigenvalue weighted by Crippen LogP contribution is -2.09. The number of halogens is 3. The Kier molecular flexibility index (Phi) is 7.69. The van der Waals surface area contributed by atoms with Gasteiger partial charge < -0.3 is 16.2 Å². The number of imidazole rings is 1. The number of nitrogens with two attached hydrogens (primary N) is 2. The first-order chi connectivity index (χ1) is 15.1. The molecule has 3 rings (SSSR count). The number of hydrogen-bond acceptors (Lipinski definition) is 5. The van der Waals surface area contributed by atoms with Crippen molar-refractivity contribution in [2.75, 3.05) is 7.11 Å². The molecule has 2 aromatic heterocycles. The van der Waals surface area contributed by atoms with Crippen molar-refractivity contribution in [2.24, 2.45) is 11.5 Å². The van der Waals surface area contributed by atoms with Gasteiger partial charge in [-0.15, -0.1) is 0 Å². The van der Waals surface area contributed by atoms with Crippen LogP contribution >= 0.6 is 0 Å². The number of alkyl halides is 3. The molecule has 4 N–H and O–H groups in total. The number of nitrogens with zero attached hydrogens (tertiary/aromatic N) is 3. The lowest BCUT2D eigenvalue weighted by atomic mass is 10.1. The molecule has 1 aromatic carbocycles. The fourth-order valence-electron chi connectivity index (χ4n) is 2.78. The molecule has 0 fully saturated rings. The molecular weight excluding hydrogens is 419 g/mol. The number of methoxy groups -OCH3 is 1. The van der Waals surface area contributed by atoms with Crippen molar-refractivity contribution in [1.29, 1.82) is 0 Å². The lowest BCUT2D eigenvalue weighted by molar-refractivity contribution is -0.137. The van der Waals surface area contributed by atoms with Gasteiger partial charge in [-0.1, -0.05) is 26.5 Å². The van der Waals surface area contributed by atoms with Crippen LogP contribution in [0.3, 0.4) is 0 Å². The minimum atomic E-state index is -4.49. The quantitative estimate of drug-likeness (QED) is 0.406. The summed E-state index contributed by atoms with van der Waals surface area (Å²) in [5, 5.41) is 0. The number of aromatic nitrogens is 3. The zero-order valence-electron chi connectivity index (χ0n) is 18.4. The van der Waals surface area contributed by atoms with Crippen LogP contribution in [0.1, 0.15) is 31.9 Å². The summed E-state index contributed by atoms with van der Waals surface area (Å²) in [4.78, 5) is 8.75. The molecule has 0 radical (unpaired) electrons. The predicted octanol–water partition coefficient (Wildman–Crippen LogP) is 5.38. The summed E-state index contributed by atoms with van der Waals surface area (Å²) < 4.78 is 45.8. The average molecular weight is 445 g/mol. The van der Waals surface area contributed by atoms with Crippen molar-refractivity contribution < 1.29 is 17.9 Å². The number of allylic oxidation sites excluding steroid dienone is 3. The van der Waals surface area contributed by atoms with Crippen LogP contribution < -0.4 is 11.5 Å². The predicted molar refractivity (Wildman–Crippen MR) is 122 cm³/mol. The van der Waals surface area contributed by atoms with Crippen molar-refractivity contribution in [3.63, 3.8) is 0 Å². The number of fused-ring (bicyclic) bond motifs is 1. The Morgan fingerprint density at radius 1 is 1.12 bits per heavy atom. The van der Waals surface area contributed by atoms with Gasteiger partial charge in [-0.3, -0.25) is 9.55 Å². The number of pyridine rings is 1. The van der Waals surface area contributed by atoms with Crippen LogP contribution in [0.5, 0.6) is 0 Å². The van der Waals surface area contributed by atoms with E-state index in [1.165, 1.54) is 29.9 Å². The number of ether oxygens (including phenoxy) is 1. The molecule has 0 bridgehead atoms. The first kappa shape index (κ1) is 24.5. The van der Waals surface area contributed by atoms with Crippen LogP contribution in [0.2, 0.25) is 0 Å². The molecule has 0 atom stereocenters. The summed E-state index contributed by atoms with van der Waals surface area (Å²) in [6.45, 7) is 9.71. The van der Waals surface area contributed by atoms with Crippen molar-refractivity contribution in [2.45, 2.75) is 26.9 Å². The first-order valence-corrected chi connectivity index (χ1v) is 9.81. The minimum Gasteiger partial charge on any atom is -0.483 e. The van der Waals surface area contributed by atoms with E-state index in [-0.39, 0.29) is 23.0 Å². The first-order valence-electron chi connectivity index (χ1n) is 9.81. The van der Waals surface area contributed by atoms with Gasteiger partial charge in [0.1, 0.15) is 11.5 Å². The molecular formula is C23H26F3N5O. The standard InChI is InChI=1S/C21H20F3N5O.C2H6/c1-12(2)13-4-6-15(27-11-13)20-28-16-10-14(21(22,23)24)5-7-17(16)29(20)18(25)8-9-19(26)30-3;1-2/h4-11H,1,25-26H2,2-3H3;1-2H3/b18-8+,19-9+;. The van der Waals surface area contributed by atoms with Gasteiger partial charge in [0.15, 0.2) is 11.7 Å². The van der Waals surface area contributed by atoms with Gasteiger partial charge >= 0.3 is 6.18 Å². The Balaban J connectivity index is 0.00000176. The van der Waals surface area contributed by atoms with Crippen molar-refractivity contribution in [3.8, 4) is 11.5 Å². The molecule has 0 aliphatic heterocycles. The monoisotopic (exact) mass is 445 g/mol. The van der Waals surface area contributed by atoms with E-state index in [4.69, 9.17) is 16.2 Å². The van der Waals surface area contributed by atoms with Gasteiger partial charge in [0.05, 0.1) is 23.7 Å². The van der Waals surface area contributed by atoms with Gasteiger partial charge in [-0.2, -0.15) is 13.2 Å². The SMILES string of the molecule is C=C(C)c1ccc(-c2nc3cc(C(F)(F)F)ccc3n2/C(N)=C/C=C(\N)OC)nc1.CC. The zero-order chi connectivity index (χ0) is 24.1. The molecule has 170 valence electrons. The molecule has 0 unspecified atom stereocenters. The van der Waals surface area contributed by atoms with E-state index in [2.05, 4.69) is 16.5 Å². The molecule has 9 heteroatoms. The summed E-state index contributed by atoms with van der Waals surface area (Å²) in [5.41, 5.74) is 13.6. The fraction of sp³-hybridized carbons (Fsp3) is 0.217. The van der Waals surface area contributed by atoms with E-state index < -0.39 is 11.7 Å². The highest BCUT2D eigenvalue weighted by molar-refractivity contribution is 5.85.